The van der Waals surface area contributed by atoms with E-state index in [4.69, 9.17) is 0 Å². The van der Waals surface area contributed by atoms with Gasteiger partial charge in [0.05, 0.1) is 5.52 Å². The third kappa shape index (κ3) is 1.77. The molecule has 0 saturated carbocycles. The zero-order valence-corrected chi connectivity index (χ0v) is 11.6. The SMILES string of the molecule is Cc1ccc2c(c1)c1nnc(S(C)(=O)=O)nc1n2C. The normalized spacial score (nSPS) is 12.4. The molecule has 98 valence electrons. The molecule has 0 fully saturated rings. The number of aryl methyl sites for hydroxylation is 2. The summed E-state index contributed by atoms with van der Waals surface area (Å²) in [4.78, 5) is 4.11. The highest BCUT2D eigenvalue weighted by atomic mass is 32.2. The molecule has 0 amide bonds. The van der Waals surface area contributed by atoms with Crippen LogP contribution in [0.15, 0.2) is 23.4 Å². The molecule has 0 radical (unpaired) electrons. The minimum atomic E-state index is -3.45. The Morgan fingerprint density at radius 2 is 1.95 bits per heavy atom. The van der Waals surface area contributed by atoms with E-state index in [1.54, 1.807) is 0 Å². The fourth-order valence-corrected chi connectivity index (χ4v) is 2.56. The number of benzene rings is 1. The van der Waals surface area contributed by atoms with Gasteiger partial charge >= 0.3 is 0 Å². The first-order valence-corrected chi connectivity index (χ1v) is 7.56. The van der Waals surface area contributed by atoms with Gasteiger partial charge in [-0.05, 0) is 19.1 Å². The van der Waals surface area contributed by atoms with Crippen molar-refractivity contribution in [3.05, 3.63) is 23.8 Å². The van der Waals surface area contributed by atoms with E-state index in [-0.39, 0.29) is 5.16 Å². The average Bonchev–Trinajstić information content (AvgIpc) is 2.61. The molecular weight excluding hydrogens is 264 g/mol. The molecule has 0 aliphatic carbocycles. The summed E-state index contributed by atoms with van der Waals surface area (Å²) >= 11 is 0. The highest BCUT2D eigenvalue weighted by Gasteiger charge is 2.17. The van der Waals surface area contributed by atoms with Crippen LogP contribution >= 0.6 is 0 Å². The largest absolute Gasteiger partial charge is 0.327 e. The van der Waals surface area contributed by atoms with Crippen LogP contribution in [-0.2, 0) is 16.9 Å². The quantitative estimate of drug-likeness (QED) is 0.668. The van der Waals surface area contributed by atoms with Crippen LogP contribution in [0.3, 0.4) is 0 Å². The van der Waals surface area contributed by atoms with E-state index >= 15 is 0 Å². The molecule has 0 unspecified atom stereocenters. The molecule has 0 saturated heterocycles. The van der Waals surface area contributed by atoms with Crippen LogP contribution in [0.1, 0.15) is 5.56 Å². The summed E-state index contributed by atoms with van der Waals surface area (Å²) in [6, 6.07) is 5.95. The van der Waals surface area contributed by atoms with Gasteiger partial charge in [0, 0.05) is 18.7 Å². The first kappa shape index (κ1) is 12.0. The van der Waals surface area contributed by atoms with Crippen LogP contribution in [0.4, 0.5) is 0 Å². The fraction of sp³-hybridized carbons (Fsp3) is 0.250. The van der Waals surface area contributed by atoms with Crippen molar-refractivity contribution in [3.63, 3.8) is 0 Å². The topological polar surface area (TPSA) is 77.7 Å². The molecule has 19 heavy (non-hydrogen) atoms. The zero-order chi connectivity index (χ0) is 13.8. The van der Waals surface area contributed by atoms with Gasteiger partial charge in [-0.15, -0.1) is 10.2 Å². The molecule has 2 heterocycles. The van der Waals surface area contributed by atoms with Crippen LogP contribution in [0, 0.1) is 6.92 Å². The molecular formula is C12H12N4O2S. The Morgan fingerprint density at radius 3 is 2.63 bits per heavy atom. The number of hydrogen-bond donors (Lipinski definition) is 0. The van der Waals surface area contributed by atoms with Gasteiger partial charge in [-0.1, -0.05) is 11.6 Å². The van der Waals surface area contributed by atoms with E-state index in [9.17, 15) is 8.42 Å². The maximum absolute atomic E-state index is 11.5. The molecule has 3 rings (SSSR count). The number of nitrogens with zero attached hydrogens (tertiary/aromatic N) is 4. The molecule has 6 nitrogen and oxygen atoms in total. The Bertz CT molecular complexity index is 912. The van der Waals surface area contributed by atoms with Gasteiger partial charge in [0.1, 0.15) is 5.52 Å². The second-order valence-corrected chi connectivity index (χ2v) is 6.53. The third-order valence-corrected chi connectivity index (χ3v) is 3.90. The highest BCUT2D eigenvalue weighted by molar-refractivity contribution is 7.90. The predicted molar refractivity (Wildman–Crippen MR) is 71.7 cm³/mol. The summed E-state index contributed by atoms with van der Waals surface area (Å²) in [5.74, 6) is 0. The molecule has 0 spiro atoms. The lowest BCUT2D eigenvalue weighted by molar-refractivity contribution is 0.590. The maximum Gasteiger partial charge on any atom is 0.269 e. The van der Waals surface area contributed by atoms with Crippen LogP contribution in [-0.4, -0.2) is 34.4 Å². The summed E-state index contributed by atoms with van der Waals surface area (Å²) < 4.78 is 24.8. The zero-order valence-electron chi connectivity index (χ0n) is 10.7. The van der Waals surface area contributed by atoms with Crippen LogP contribution in [0.5, 0.6) is 0 Å². The van der Waals surface area contributed by atoms with E-state index in [1.807, 2.05) is 36.7 Å². The van der Waals surface area contributed by atoms with Gasteiger partial charge < -0.3 is 4.57 Å². The number of aromatic nitrogens is 4. The Morgan fingerprint density at radius 1 is 1.21 bits per heavy atom. The number of hydrogen-bond acceptors (Lipinski definition) is 5. The summed E-state index contributed by atoms with van der Waals surface area (Å²) in [5, 5.41) is 8.41. The number of rotatable bonds is 1. The standard InChI is InChI=1S/C12H12N4O2S/c1-7-4-5-9-8(6-7)10-11(16(9)2)13-12(15-14-10)19(3,17)18/h4-6H,1-3H3. The summed E-state index contributed by atoms with van der Waals surface area (Å²) in [7, 11) is -1.62. The van der Waals surface area contributed by atoms with Crippen LogP contribution in [0.2, 0.25) is 0 Å². The molecule has 1 aromatic carbocycles. The minimum Gasteiger partial charge on any atom is -0.327 e. The van der Waals surface area contributed by atoms with Crippen molar-refractivity contribution >= 4 is 31.9 Å². The van der Waals surface area contributed by atoms with E-state index in [1.165, 1.54) is 0 Å². The molecule has 0 bridgehead atoms. The lowest BCUT2D eigenvalue weighted by Gasteiger charge is -1.98. The smallest absolute Gasteiger partial charge is 0.269 e. The van der Waals surface area contributed by atoms with Gasteiger partial charge in [-0.25, -0.2) is 8.42 Å². The lowest BCUT2D eigenvalue weighted by atomic mass is 10.2. The first-order chi connectivity index (χ1) is 8.88. The summed E-state index contributed by atoms with van der Waals surface area (Å²) in [5.41, 5.74) is 3.20. The second-order valence-electron chi connectivity index (χ2n) is 4.62. The Balaban J connectivity index is 2.48. The van der Waals surface area contributed by atoms with Gasteiger partial charge in [0.15, 0.2) is 5.65 Å². The Kier molecular flexibility index (Phi) is 2.37. The minimum absolute atomic E-state index is 0.248. The lowest BCUT2D eigenvalue weighted by Crippen LogP contribution is -2.06. The molecule has 3 aromatic rings. The second kappa shape index (κ2) is 3.74. The van der Waals surface area contributed by atoms with Crippen molar-refractivity contribution in [1.29, 1.82) is 0 Å². The molecule has 0 atom stereocenters. The van der Waals surface area contributed by atoms with Crippen molar-refractivity contribution < 1.29 is 8.42 Å². The summed E-state index contributed by atoms with van der Waals surface area (Å²) in [6.45, 7) is 1.99. The van der Waals surface area contributed by atoms with Crippen LogP contribution < -0.4 is 0 Å². The van der Waals surface area contributed by atoms with Gasteiger partial charge in [-0.3, -0.25) is 0 Å². The van der Waals surface area contributed by atoms with Gasteiger partial charge in [-0.2, -0.15) is 4.98 Å². The third-order valence-electron chi connectivity index (χ3n) is 3.07. The number of sulfone groups is 1. The number of fused-ring (bicyclic) bond motifs is 3. The Labute approximate surface area is 110 Å². The van der Waals surface area contributed by atoms with E-state index in [2.05, 4.69) is 15.2 Å². The highest BCUT2D eigenvalue weighted by Crippen LogP contribution is 2.25. The van der Waals surface area contributed by atoms with Crippen molar-refractivity contribution in [3.8, 4) is 0 Å². The predicted octanol–water partition coefficient (Wildman–Crippen LogP) is 1.23. The van der Waals surface area contributed by atoms with E-state index < -0.39 is 9.84 Å². The maximum atomic E-state index is 11.5. The average molecular weight is 276 g/mol. The molecule has 7 heteroatoms. The molecule has 2 aromatic heterocycles. The Hall–Kier alpha value is -2.02. The van der Waals surface area contributed by atoms with Crippen molar-refractivity contribution in [1.82, 2.24) is 19.7 Å². The fourth-order valence-electron chi connectivity index (χ4n) is 2.11. The van der Waals surface area contributed by atoms with Crippen LogP contribution in [0.25, 0.3) is 22.1 Å². The van der Waals surface area contributed by atoms with E-state index in [0.717, 1.165) is 22.7 Å². The molecule has 0 N–H and O–H groups in total. The van der Waals surface area contributed by atoms with E-state index in [0.29, 0.717) is 11.2 Å². The van der Waals surface area contributed by atoms with Crippen molar-refractivity contribution in [2.24, 2.45) is 7.05 Å². The van der Waals surface area contributed by atoms with Gasteiger partial charge in [0.25, 0.3) is 5.16 Å². The molecule has 0 aliphatic heterocycles. The molecule has 0 aliphatic rings. The summed E-state index contributed by atoms with van der Waals surface area (Å²) in [6.07, 6.45) is 1.07. The van der Waals surface area contributed by atoms with Crippen molar-refractivity contribution in [2.45, 2.75) is 12.1 Å². The monoisotopic (exact) mass is 276 g/mol. The van der Waals surface area contributed by atoms with Crippen molar-refractivity contribution in [2.75, 3.05) is 6.26 Å². The van der Waals surface area contributed by atoms with Gasteiger partial charge in [0.2, 0.25) is 9.84 Å². The first-order valence-electron chi connectivity index (χ1n) is 5.67.